The van der Waals surface area contributed by atoms with Crippen LogP contribution in [0, 0.1) is 5.92 Å². The Morgan fingerprint density at radius 1 is 0.972 bits per heavy atom. The van der Waals surface area contributed by atoms with E-state index >= 15 is 0 Å². The number of hydrogen-bond acceptors (Lipinski definition) is 6. The number of ketones is 1. The van der Waals surface area contributed by atoms with E-state index in [0.717, 1.165) is 31.7 Å². The molecule has 1 aromatic heterocycles. The Morgan fingerprint density at radius 3 is 2.44 bits per heavy atom. The molecule has 186 valence electrons. The minimum absolute atomic E-state index is 0.161. The lowest BCUT2D eigenvalue weighted by atomic mass is 9.84. The number of allylic oxidation sites excluding steroid dienone is 2. The lowest BCUT2D eigenvalue weighted by molar-refractivity contribution is -0.144. The molecule has 1 amide bonds. The summed E-state index contributed by atoms with van der Waals surface area (Å²) in [6.07, 6.45) is 3.19. The van der Waals surface area contributed by atoms with Gasteiger partial charge < -0.3 is 19.0 Å². The van der Waals surface area contributed by atoms with Gasteiger partial charge >= 0.3 is 0 Å². The van der Waals surface area contributed by atoms with Crippen LogP contribution < -0.4 is 9.64 Å². The van der Waals surface area contributed by atoms with Crippen LogP contribution in [-0.2, 0) is 16.1 Å². The molecule has 7 nitrogen and oxygen atoms in total. The van der Waals surface area contributed by atoms with Crippen molar-refractivity contribution in [2.24, 2.45) is 5.92 Å². The zero-order valence-corrected chi connectivity index (χ0v) is 20.7. The van der Waals surface area contributed by atoms with E-state index in [1.165, 1.54) is 5.69 Å². The highest BCUT2D eigenvalue weighted by Gasteiger charge is 2.44. The minimum Gasteiger partial charge on any atom is -0.497 e. The minimum atomic E-state index is -0.848. The number of anilines is 1. The summed E-state index contributed by atoms with van der Waals surface area (Å²) in [4.78, 5) is 33.7. The average molecular weight is 486 g/mol. The topological polar surface area (TPSA) is 66.2 Å². The molecule has 3 aromatic rings. The third-order valence-corrected chi connectivity index (χ3v) is 7.09. The molecule has 1 saturated heterocycles. The summed E-state index contributed by atoms with van der Waals surface area (Å²) < 4.78 is 11.0. The van der Waals surface area contributed by atoms with Crippen LogP contribution >= 0.6 is 0 Å². The molecular weight excluding hydrogens is 454 g/mol. The normalized spacial score (nSPS) is 19.8. The highest BCUT2D eigenvalue weighted by Crippen LogP contribution is 2.37. The van der Waals surface area contributed by atoms with Gasteiger partial charge in [-0.15, -0.1) is 0 Å². The highest BCUT2D eigenvalue weighted by molar-refractivity contribution is 6.10. The third-order valence-electron chi connectivity index (χ3n) is 7.09. The molecule has 2 aromatic carbocycles. The van der Waals surface area contributed by atoms with E-state index in [1.807, 2.05) is 48.5 Å². The number of carbonyl (C=O) groups is 2. The number of methoxy groups -OCH3 is 1. The first kappa shape index (κ1) is 23.9. The predicted octanol–water partition coefficient (Wildman–Crippen LogP) is 4.28. The summed E-state index contributed by atoms with van der Waals surface area (Å²) >= 11 is 0. The summed E-state index contributed by atoms with van der Waals surface area (Å²) in [5.41, 5.74) is 2.72. The fourth-order valence-electron chi connectivity index (χ4n) is 5.23. The number of carbonyl (C=O) groups excluding carboxylic acids is 2. The van der Waals surface area contributed by atoms with E-state index in [2.05, 4.69) is 21.9 Å². The largest absolute Gasteiger partial charge is 0.497 e. The molecule has 2 unspecified atom stereocenters. The number of ether oxygens (including phenoxy) is 1. The van der Waals surface area contributed by atoms with Crippen LogP contribution in [0.25, 0.3) is 0 Å². The Morgan fingerprint density at radius 2 is 1.75 bits per heavy atom. The summed E-state index contributed by atoms with van der Waals surface area (Å²) in [5.74, 6) is 0.175. The Balaban J connectivity index is 1.46. The van der Waals surface area contributed by atoms with Gasteiger partial charge in [-0.25, -0.2) is 0 Å². The van der Waals surface area contributed by atoms with Gasteiger partial charge in [0.15, 0.2) is 5.78 Å². The first-order valence-corrected chi connectivity index (χ1v) is 12.3. The van der Waals surface area contributed by atoms with E-state index in [1.54, 1.807) is 37.3 Å². The van der Waals surface area contributed by atoms with Crippen LogP contribution in [0.3, 0.4) is 0 Å². The summed E-state index contributed by atoms with van der Waals surface area (Å²) in [5, 5.41) is 0. The van der Waals surface area contributed by atoms with Gasteiger partial charge in [0, 0.05) is 43.6 Å². The van der Waals surface area contributed by atoms with Crippen molar-refractivity contribution >= 4 is 17.4 Å². The van der Waals surface area contributed by atoms with Crippen molar-refractivity contribution in [3.05, 3.63) is 96.1 Å². The second-order valence-corrected chi connectivity index (χ2v) is 9.25. The molecule has 0 aliphatic carbocycles. The second kappa shape index (κ2) is 10.4. The van der Waals surface area contributed by atoms with Crippen LogP contribution in [-0.4, -0.2) is 54.8 Å². The van der Waals surface area contributed by atoms with Crippen molar-refractivity contribution in [2.75, 3.05) is 38.2 Å². The zero-order chi connectivity index (χ0) is 25.1. The summed E-state index contributed by atoms with van der Waals surface area (Å²) in [6.45, 7) is 5.18. The molecular formula is C29H31N3O4. The van der Waals surface area contributed by atoms with E-state index in [4.69, 9.17) is 9.15 Å². The first-order valence-electron chi connectivity index (χ1n) is 12.3. The molecule has 2 aliphatic heterocycles. The lowest BCUT2D eigenvalue weighted by Gasteiger charge is -2.44. The number of rotatable bonds is 7. The maximum atomic E-state index is 13.9. The van der Waals surface area contributed by atoms with Gasteiger partial charge in [0.25, 0.3) is 0 Å². The number of amides is 1. The molecule has 5 rings (SSSR count). The fourth-order valence-corrected chi connectivity index (χ4v) is 5.23. The Hall–Kier alpha value is -3.84. The molecule has 0 spiro atoms. The monoisotopic (exact) mass is 485 g/mol. The summed E-state index contributed by atoms with van der Waals surface area (Å²) in [7, 11) is 1.63. The molecule has 3 heterocycles. The Bertz CT molecular complexity index is 1230. The molecule has 7 heteroatoms. The third kappa shape index (κ3) is 4.79. The number of piperazine rings is 1. The Kier molecular flexibility index (Phi) is 6.91. The average Bonchev–Trinajstić information content (AvgIpc) is 3.43. The maximum absolute atomic E-state index is 13.9. The van der Waals surface area contributed by atoms with Crippen LogP contribution in [0.5, 0.6) is 5.75 Å². The van der Waals surface area contributed by atoms with Gasteiger partial charge in [-0.2, -0.15) is 0 Å². The first-order chi connectivity index (χ1) is 17.5. The van der Waals surface area contributed by atoms with Crippen molar-refractivity contribution in [1.82, 2.24) is 9.80 Å². The van der Waals surface area contributed by atoms with Gasteiger partial charge in [-0.1, -0.05) is 30.3 Å². The molecule has 1 fully saturated rings. The van der Waals surface area contributed by atoms with Crippen LogP contribution in [0.1, 0.15) is 24.3 Å². The second-order valence-electron chi connectivity index (χ2n) is 9.25. The molecule has 0 saturated carbocycles. The molecule has 2 atom stereocenters. The number of hydrogen-bond donors (Lipinski definition) is 0. The van der Waals surface area contributed by atoms with E-state index in [-0.39, 0.29) is 11.7 Å². The van der Waals surface area contributed by atoms with Gasteiger partial charge in [0.1, 0.15) is 17.4 Å². The number of nitrogens with zero attached hydrogens (tertiary/aromatic N) is 3. The SMILES string of the molecule is COc1cccc(C(C2C(=O)C=C(C)N(Cc3ccco3)C2=O)N2CCN(c3ccccc3)CC2)c1. The molecule has 0 N–H and O–H groups in total. The van der Waals surface area contributed by atoms with E-state index in [0.29, 0.717) is 23.8 Å². The van der Waals surface area contributed by atoms with Crippen molar-refractivity contribution < 1.29 is 18.7 Å². The number of furan rings is 1. The predicted molar refractivity (Wildman–Crippen MR) is 137 cm³/mol. The maximum Gasteiger partial charge on any atom is 0.240 e. The quantitative estimate of drug-likeness (QED) is 0.466. The number of benzene rings is 2. The van der Waals surface area contributed by atoms with Crippen LogP contribution in [0.15, 0.2) is 89.2 Å². The highest BCUT2D eigenvalue weighted by atomic mass is 16.5. The van der Waals surface area contributed by atoms with Gasteiger partial charge in [0.05, 0.1) is 26.0 Å². The standard InChI is InChI=1S/C29H31N3O4/c1-21-18-26(33)27(29(34)32(21)20-25-12-7-17-36-25)28(22-8-6-11-24(19-22)35-2)31-15-13-30(14-16-31)23-9-4-3-5-10-23/h3-12,17-19,27-28H,13-16,20H2,1-2H3. The van der Waals surface area contributed by atoms with Crippen LogP contribution in [0.4, 0.5) is 5.69 Å². The van der Waals surface area contributed by atoms with Crippen molar-refractivity contribution in [3.63, 3.8) is 0 Å². The molecule has 0 bridgehead atoms. The molecule has 36 heavy (non-hydrogen) atoms. The van der Waals surface area contributed by atoms with Crippen molar-refractivity contribution in [2.45, 2.75) is 19.5 Å². The van der Waals surface area contributed by atoms with E-state index < -0.39 is 12.0 Å². The fraction of sp³-hybridized carbons (Fsp3) is 0.310. The smallest absolute Gasteiger partial charge is 0.240 e. The van der Waals surface area contributed by atoms with Gasteiger partial charge in [-0.3, -0.25) is 14.5 Å². The van der Waals surface area contributed by atoms with Crippen molar-refractivity contribution in [1.29, 1.82) is 0 Å². The van der Waals surface area contributed by atoms with Crippen LogP contribution in [0.2, 0.25) is 0 Å². The number of para-hydroxylation sites is 1. The molecule has 2 aliphatic rings. The zero-order valence-electron chi connectivity index (χ0n) is 20.7. The lowest BCUT2D eigenvalue weighted by Crippen LogP contribution is -2.53. The Labute approximate surface area is 211 Å². The van der Waals surface area contributed by atoms with Gasteiger partial charge in [-0.05, 0) is 48.9 Å². The van der Waals surface area contributed by atoms with E-state index in [9.17, 15) is 9.59 Å². The van der Waals surface area contributed by atoms with Gasteiger partial charge in [0.2, 0.25) is 5.91 Å². The molecule has 0 radical (unpaired) electrons. The van der Waals surface area contributed by atoms with Crippen molar-refractivity contribution in [3.8, 4) is 5.75 Å². The summed E-state index contributed by atoms with van der Waals surface area (Å²) in [6, 6.07) is 21.3.